The van der Waals surface area contributed by atoms with Crippen molar-refractivity contribution in [2.24, 2.45) is 0 Å². The van der Waals surface area contributed by atoms with Crippen LogP contribution in [-0.2, 0) is 27.4 Å². The van der Waals surface area contributed by atoms with E-state index >= 15 is 0 Å². The van der Waals surface area contributed by atoms with Gasteiger partial charge in [0.15, 0.2) is 11.6 Å². The molecule has 14 heteroatoms. The minimum Gasteiger partial charge on any atom is -0.486 e. The second-order valence-electron chi connectivity index (χ2n) is 11.6. The summed E-state index contributed by atoms with van der Waals surface area (Å²) in [5, 5.41) is 5.47. The number of anilines is 1. The molecule has 0 atom stereocenters. The number of urea groups is 1. The summed E-state index contributed by atoms with van der Waals surface area (Å²) in [5.74, 6) is -0.455. The number of pyridine rings is 2. The summed E-state index contributed by atoms with van der Waals surface area (Å²) in [6.45, 7) is 5.15. The number of thiophene rings is 1. The monoisotopic (exact) mass is 678 g/mol. The SMILES string of the molecule is COCCOCCOC(=O)N1CCN(Cc2ccc(-c3cc4nccc(COc5ccc(NC(=O)NC6CC6)cc5F)c4s3)nc2)CC1. The largest absolute Gasteiger partial charge is 0.486 e. The molecule has 6 rings (SSSR count). The van der Waals surface area contributed by atoms with Crippen molar-refractivity contribution in [1.29, 1.82) is 0 Å². The van der Waals surface area contributed by atoms with Crippen LogP contribution in [0.5, 0.6) is 5.75 Å². The van der Waals surface area contributed by atoms with Gasteiger partial charge in [-0.25, -0.2) is 14.0 Å². The van der Waals surface area contributed by atoms with Crippen LogP contribution in [0.4, 0.5) is 19.7 Å². The zero-order chi connectivity index (χ0) is 33.3. The van der Waals surface area contributed by atoms with Crippen LogP contribution in [-0.4, -0.2) is 97.7 Å². The minimum atomic E-state index is -0.555. The molecule has 2 aliphatic rings. The smallest absolute Gasteiger partial charge is 0.409 e. The molecule has 254 valence electrons. The van der Waals surface area contributed by atoms with Gasteiger partial charge < -0.3 is 34.5 Å². The first-order chi connectivity index (χ1) is 23.4. The van der Waals surface area contributed by atoms with Gasteiger partial charge in [0.2, 0.25) is 0 Å². The molecule has 1 aromatic carbocycles. The van der Waals surface area contributed by atoms with Crippen molar-refractivity contribution in [1.82, 2.24) is 25.1 Å². The van der Waals surface area contributed by atoms with Gasteiger partial charge in [0.05, 0.1) is 40.6 Å². The van der Waals surface area contributed by atoms with Crippen LogP contribution >= 0.6 is 11.3 Å². The Hall–Kier alpha value is -4.37. The Labute approximate surface area is 282 Å². The van der Waals surface area contributed by atoms with Gasteiger partial charge in [-0.15, -0.1) is 11.3 Å². The van der Waals surface area contributed by atoms with Crippen LogP contribution in [0.2, 0.25) is 0 Å². The fraction of sp³-hybridized carbons (Fsp3) is 0.412. The highest BCUT2D eigenvalue weighted by Crippen LogP contribution is 2.34. The van der Waals surface area contributed by atoms with Crippen molar-refractivity contribution in [3.8, 4) is 16.3 Å². The van der Waals surface area contributed by atoms with E-state index in [-0.39, 0.29) is 37.1 Å². The zero-order valence-corrected chi connectivity index (χ0v) is 27.6. The van der Waals surface area contributed by atoms with Crippen molar-refractivity contribution in [2.75, 3.05) is 65.0 Å². The van der Waals surface area contributed by atoms with E-state index in [1.54, 1.807) is 35.6 Å². The molecule has 2 fully saturated rings. The fourth-order valence-electron chi connectivity index (χ4n) is 5.20. The molecule has 12 nitrogen and oxygen atoms in total. The highest BCUT2D eigenvalue weighted by molar-refractivity contribution is 7.22. The number of ether oxygens (including phenoxy) is 4. The maximum absolute atomic E-state index is 14.8. The van der Waals surface area contributed by atoms with Gasteiger partial charge in [0.25, 0.3) is 0 Å². The average molecular weight is 679 g/mol. The molecule has 0 unspecified atom stereocenters. The van der Waals surface area contributed by atoms with Gasteiger partial charge in [0.1, 0.15) is 13.2 Å². The van der Waals surface area contributed by atoms with Crippen molar-refractivity contribution >= 4 is 39.4 Å². The van der Waals surface area contributed by atoms with E-state index < -0.39 is 5.82 Å². The summed E-state index contributed by atoms with van der Waals surface area (Å²) in [6.07, 6.45) is 5.24. The van der Waals surface area contributed by atoms with Gasteiger partial charge >= 0.3 is 12.1 Å². The lowest BCUT2D eigenvalue weighted by Gasteiger charge is -2.34. The number of hydrogen-bond acceptors (Lipinski definition) is 10. The molecule has 4 aromatic rings. The van der Waals surface area contributed by atoms with Crippen molar-refractivity contribution in [2.45, 2.75) is 32.0 Å². The molecular formula is C34H39FN6O6S. The Morgan fingerprint density at radius 1 is 1.00 bits per heavy atom. The van der Waals surface area contributed by atoms with Gasteiger partial charge in [0, 0.05) is 75.6 Å². The number of piperazine rings is 1. The Bertz CT molecular complexity index is 1690. The van der Waals surface area contributed by atoms with Crippen molar-refractivity contribution < 1.29 is 32.9 Å². The molecule has 2 N–H and O–H groups in total. The van der Waals surface area contributed by atoms with E-state index in [1.165, 1.54) is 12.1 Å². The van der Waals surface area contributed by atoms with E-state index in [2.05, 4.69) is 26.6 Å². The zero-order valence-electron chi connectivity index (χ0n) is 26.8. The lowest BCUT2D eigenvalue weighted by molar-refractivity contribution is 0.0274. The highest BCUT2D eigenvalue weighted by atomic mass is 32.1. The van der Waals surface area contributed by atoms with Crippen LogP contribution in [0.1, 0.15) is 24.0 Å². The van der Waals surface area contributed by atoms with Crippen LogP contribution in [0.3, 0.4) is 0 Å². The molecule has 3 amide bonds. The number of methoxy groups -OCH3 is 1. The summed E-state index contributed by atoms with van der Waals surface area (Å²) in [5.41, 5.74) is 3.99. The van der Waals surface area contributed by atoms with E-state index in [0.29, 0.717) is 38.6 Å². The number of carbonyl (C=O) groups excluding carboxylic acids is 2. The van der Waals surface area contributed by atoms with Crippen molar-refractivity contribution in [3.05, 3.63) is 71.8 Å². The first-order valence-electron chi connectivity index (χ1n) is 16.0. The fourth-order valence-corrected chi connectivity index (χ4v) is 6.29. The Balaban J connectivity index is 0.988. The number of nitrogens with zero attached hydrogens (tertiary/aromatic N) is 4. The van der Waals surface area contributed by atoms with E-state index in [0.717, 1.165) is 64.4 Å². The molecule has 0 bridgehead atoms. The number of aromatic nitrogens is 2. The molecule has 0 radical (unpaired) electrons. The third kappa shape index (κ3) is 9.16. The minimum absolute atomic E-state index is 0.100. The van der Waals surface area contributed by atoms with E-state index in [1.807, 2.05) is 24.4 Å². The number of nitrogens with one attached hydrogen (secondary N) is 2. The number of fused-ring (bicyclic) bond motifs is 1. The molecule has 1 saturated carbocycles. The number of amides is 3. The standard InChI is InChI=1S/C34H39FN6O6S/c1-44-14-15-45-16-17-46-34(43)41-12-10-40(11-13-41)21-23-2-6-28(37-20-23)31-19-29-32(48-31)24(8-9-36-29)22-47-30-7-5-26(18-27(30)35)39-33(42)38-25-3-4-25/h2,5-9,18-20,25H,3-4,10-17,21-22H2,1H3,(H2,38,39,42). The molecule has 4 heterocycles. The quantitative estimate of drug-likeness (QED) is 0.171. The second-order valence-corrected chi connectivity index (χ2v) is 12.7. The number of halogens is 1. The van der Waals surface area contributed by atoms with Crippen LogP contribution in [0.15, 0.2) is 54.9 Å². The van der Waals surface area contributed by atoms with Gasteiger partial charge in [-0.05, 0) is 48.7 Å². The van der Waals surface area contributed by atoms with Crippen molar-refractivity contribution in [3.63, 3.8) is 0 Å². The predicted molar refractivity (Wildman–Crippen MR) is 180 cm³/mol. The van der Waals surface area contributed by atoms with Gasteiger partial charge in [-0.2, -0.15) is 0 Å². The second kappa shape index (κ2) is 16.2. The summed E-state index contributed by atoms with van der Waals surface area (Å²) in [4.78, 5) is 38.6. The summed E-state index contributed by atoms with van der Waals surface area (Å²) < 4.78 is 37.1. The molecule has 1 aliphatic carbocycles. The maximum Gasteiger partial charge on any atom is 0.409 e. The molecule has 3 aromatic heterocycles. The van der Waals surface area contributed by atoms with E-state index in [4.69, 9.17) is 23.9 Å². The van der Waals surface area contributed by atoms with Gasteiger partial charge in [-0.1, -0.05) is 6.07 Å². The number of carbonyl (C=O) groups is 2. The molecular weight excluding hydrogens is 639 g/mol. The molecule has 1 saturated heterocycles. The number of benzene rings is 1. The number of hydrogen-bond donors (Lipinski definition) is 2. The summed E-state index contributed by atoms with van der Waals surface area (Å²) in [7, 11) is 1.61. The van der Waals surface area contributed by atoms with Crippen LogP contribution < -0.4 is 15.4 Å². The Morgan fingerprint density at radius 2 is 1.83 bits per heavy atom. The average Bonchev–Trinajstić information content (AvgIpc) is 3.79. The van der Waals surface area contributed by atoms with Gasteiger partial charge in [-0.3, -0.25) is 14.9 Å². The summed E-state index contributed by atoms with van der Waals surface area (Å²) >= 11 is 1.56. The highest BCUT2D eigenvalue weighted by Gasteiger charge is 2.24. The van der Waals surface area contributed by atoms with Crippen LogP contribution in [0.25, 0.3) is 20.8 Å². The first-order valence-corrected chi connectivity index (χ1v) is 16.8. The topological polar surface area (TPSA) is 127 Å². The number of rotatable bonds is 14. The summed E-state index contributed by atoms with van der Waals surface area (Å²) in [6, 6.07) is 12.2. The first kappa shape index (κ1) is 33.5. The maximum atomic E-state index is 14.8. The Morgan fingerprint density at radius 3 is 2.58 bits per heavy atom. The third-order valence-corrected chi connectivity index (χ3v) is 9.20. The lowest BCUT2D eigenvalue weighted by atomic mass is 10.2. The van der Waals surface area contributed by atoms with E-state index in [9.17, 15) is 14.0 Å². The predicted octanol–water partition coefficient (Wildman–Crippen LogP) is 5.28. The normalized spacial score (nSPS) is 15.0. The third-order valence-electron chi connectivity index (χ3n) is 7.98. The molecule has 48 heavy (non-hydrogen) atoms. The molecule has 1 aliphatic heterocycles. The Kier molecular flexibility index (Phi) is 11.3. The van der Waals surface area contributed by atoms with Crippen LogP contribution in [0, 0.1) is 5.82 Å². The molecule has 0 spiro atoms. The lowest BCUT2D eigenvalue weighted by Crippen LogP contribution is -2.48.